The first-order valence-electron chi connectivity index (χ1n) is 5.04. The van der Waals surface area contributed by atoms with Gasteiger partial charge in [-0.2, -0.15) is 0 Å². The number of nitrogens with two attached hydrogens (primary N) is 1. The molecule has 3 N–H and O–H groups in total. The molecule has 0 saturated carbocycles. The molecule has 0 atom stereocenters. The van der Waals surface area contributed by atoms with E-state index in [1.54, 1.807) is 0 Å². The molecule has 1 aromatic heterocycles. The van der Waals surface area contributed by atoms with Gasteiger partial charge in [-0.15, -0.1) is 13.2 Å². The molecule has 19 heavy (non-hydrogen) atoms. The van der Waals surface area contributed by atoms with E-state index in [4.69, 9.17) is 5.73 Å². The van der Waals surface area contributed by atoms with E-state index >= 15 is 0 Å². The smallest absolute Gasteiger partial charge is 0.469 e. The van der Waals surface area contributed by atoms with Crippen LogP contribution in [0.2, 0.25) is 0 Å². The van der Waals surface area contributed by atoms with Crippen molar-refractivity contribution in [2.24, 2.45) is 5.73 Å². The normalized spacial score (nSPS) is 11.2. The zero-order chi connectivity index (χ0) is 14.6. The standard InChI is InChI=1S/C10H11F3N2O4/c1-18-7(16)2-6-8(19-10(11,12)13)5(3-14)4-15-9(6)17/h4H,2-3,14H2,1H3,(H,15,17). The van der Waals surface area contributed by atoms with Gasteiger partial charge in [0, 0.05) is 18.3 Å². The number of hydrogen-bond acceptors (Lipinski definition) is 5. The summed E-state index contributed by atoms with van der Waals surface area (Å²) in [6, 6.07) is 0. The van der Waals surface area contributed by atoms with Gasteiger partial charge < -0.3 is 20.2 Å². The lowest BCUT2D eigenvalue weighted by Gasteiger charge is -2.15. The second-order valence-electron chi connectivity index (χ2n) is 3.46. The van der Waals surface area contributed by atoms with Gasteiger partial charge in [-0.3, -0.25) is 9.59 Å². The molecule has 9 heteroatoms. The average molecular weight is 280 g/mol. The van der Waals surface area contributed by atoms with Crippen molar-refractivity contribution in [3.05, 3.63) is 27.7 Å². The second-order valence-corrected chi connectivity index (χ2v) is 3.46. The summed E-state index contributed by atoms with van der Waals surface area (Å²) < 4.78 is 45.0. The van der Waals surface area contributed by atoms with Crippen LogP contribution >= 0.6 is 0 Å². The molecule has 0 aliphatic carbocycles. The topological polar surface area (TPSA) is 94.4 Å². The molecule has 1 heterocycles. The Kier molecular flexibility index (Phi) is 4.54. The zero-order valence-corrected chi connectivity index (χ0v) is 9.84. The van der Waals surface area contributed by atoms with Gasteiger partial charge in [-0.1, -0.05) is 0 Å². The van der Waals surface area contributed by atoms with Gasteiger partial charge in [0.1, 0.15) is 5.75 Å². The fraction of sp³-hybridized carbons (Fsp3) is 0.400. The molecule has 0 radical (unpaired) electrons. The molecule has 0 bridgehead atoms. The summed E-state index contributed by atoms with van der Waals surface area (Å²) in [6.07, 6.45) is -4.64. The maximum Gasteiger partial charge on any atom is 0.573 e. The summed E-state index contributed by atoms with van der Waals surface area (Å²) in [5.41, 5.74) is 3.84. The molecule has 106 valence electrons. The lowest BCUT2D eigenvalue weighted by Crippen LogP contribution is -2.25. The SMILES string of the molecule is COC(=O)Cc1c(OC(F)(F)F)c(CN)c[nH]c1=O. The van der Waals surface area contributed by atoms with Gasteiger partial charge in [-0.05, 0) is 0 Å². The van der Waals surface area contributed by atoms with E-state index in [0.29, 0.717) is 0 Å². The Morgan fingerprint density at radius 3 is 2.58 bits per heavy atom. The predicted octanol–water partition coefficient (Wildman–Crippen LogP) is 0.448. The van der Waals surface area contributed by atoms with Crippen molar-refractivity contribution < 1.29 is 27.4 Å². The maximum atomic E-state index is 12.3. The number of nitrogens with one attached hydrogen (secondary N) is 1. The highest BCUT2D eigenvalue weighted by Gasteiger charge is 2.34. The molecule has 0 amide bonds. The largest absolute Gasteiger partial charge is 0.573 e. The van der Waals surface area contributed by atoms with Crippen molar-refractivity contribution in [1.82, 2.24) is 4.98 Å². The lowest BCUT2D eigenvalue weighted by molar-refractivity contribution is -0.275. The summed E-state index contributed by atoms with van der Waals surface area (Å²) in [4.78, 5) is 24.8. The second kappa shape index (κ2) is 5.74. The van der Waals surface area contributed by atoms with Crippen molar-refractivity contribution in [3.8, 4) is 5.75 Å². The van der Waals surface area contributed by atoms with Crippen LogP contribution in [0.4, 0.5) is 13.2 Å². The Balaban J connectivity index is 3.32. The third-order valence-electron chi connectivity index (χ3n) is 2.20. The fourth-order valence-electron chi connectivity index (χ4n) is 1.37. The quantitative estimate of drug-likeness (QED) is 0.781. The third kappa shape index (κ3) is 3.98. The molecule has 0 aliphatic heterocycles. The Morgan fingerprint density at radius 1 is 1.47 bits per heavy atom. The molecule has 0 fully saturated rings. The van der Waals surface area contributed by atoms with E-state index in [1.807, 2.05) is 0 Å². The van der Waals surface area contributed by atoms with Crippen LogP contribution in [-0.4, -0.2) is 24.4 Å². The zero-order valence-electron chi connectivity index (χ0n) is 9.84. The van der Waals surface area contributed by atoms with E-state index in [9.17, 15) is 22.8 Å². The monoisotopic (exact) mass is 280 g/mol. The van der Waals surface area contributed by atoms with E-state index in [0.717, 1.165) is 13.3 Å². The molecule has 0 saturated heterocycles. The van der Waals surface area contributed by atoms with Crippen molar-refractivity contribution in [1.29, 1.82) is 0 Å². The molecular formula is C10H11F3N2O4. The van der Waals surface area contributed by atoms with Gasteiger partial charge in [0.2, 0.25) is 0 Å². The number of esters is 1. The number of alkyl halides is 3. The molecule has 0 unspecified atom stereocenters. The number of H-pyrrole nitrogens is 1. The van der Waals surface area contributed by atoms with Crippen molar-refractivity contribution in [3.63, 3.8) is 0 Å². The number of carbonyl (C=O) groups is 1. The van der Waals surface area contributed by atoms with Crippen LogP contribution in [0.1, 0.15) is 11.1 Å². The Labute approximate surface area is 105 Å². The van der Waals surface area contributed by atoms with Crippen LogP contribution in [0.3, 0.4) is 0 Å². The number of methoxy groups -OCH3 is 1. The molecule has 0 aliphatic rings. The molecular weight excluding hydrogens is 269 g/mol. The highest BCUT2D eigenvalue weighted by molar-refractivity contribution is 5.73. The van der Waals surface area contributed by atoms with Crippen molar-refractivity contribution in [2.75, 3.05) is 7.11 Å². The minimum atomic E-state index is -5.00. The first-order valence-corrected chi connectivity index (χ1v) is 5.04. The van der Waals surface area contributed by atoms with Gasteiger partial charge >= 0.3 is 12.3 Å². The summed E-state index contributed by atoms with van der Waals surface area (Å²) in [6.45, 7) is -0.295. The number of halogens is 3. The fourth-order valence-corrected chi connectivity index (χ4v) is 1.37. The van der Waals surface area contributed by atoms with E-state index in [2.05, 4.69) is 14.5 Å². The third-order valence-corrected chi connectivity index (χ3v) is 2.20. The molecule has 1 rings (SSSR count). The highest BCUT2D eigenvalue weighted by atomic mass is 19.4. The number of pyridine rings is 1. The van der Waals surface area contributed by atoms with Gasteiger partial charge in [0.05, 0.1) is 19.1 Å². The minimum Gasteiger partial charge on any atom is -0.469 e. The minimum absolute atomic E-state index is 0.0733. The van der Waals surface area contributed by atoms with Gasteiger partial charge in [0.25, 0.3) is 5.56 Å². The number of aromatic amines is 1. The van der Waals surface area contributed by atoms with Crippen LogP contribution in [0, 0.1) is 0 Å². The lowest BCUT2D eigenvalue weighted by atomic mass is 10.1. The number of carbonyl (C=O) groups excluding carboxylic acids is 1. The first kappa shape index (κ1) is 15.0. The number of hydrogen-bond donors (Lipinski definition) is 2. The summed E-state index contributed by atoms with van der Waals surface area (Å²) in [7, 11) is 1.05. The summed E-state index contributed by atoms with van der Waals surface area (Å²) in [5.74, 6) is -1.63. The maximum absolute atomic E-state index is 12.3. The molecule has 1 aromatic rings. The first-order chi connectivity index (χ1) is 8.78. The van der Waals surface area contributed by atoms with Gasteiger partial charge in [-0.25, -0.2) is 0 Å². The Hall–Kier alpha value is -2.03. The van der Waals surface area contributed by atoms with Crippen molar-refractivity contribution in [2.45, 2.75) is 19.3 Å². The van der Waals surface area contributed by atoms with Crippen LogP contribution < -0.4 is 16.0 Å². The van der Waals surface area contributed by atoms with Crippen LogP contribution in [0.5, 0.6) is 5.75 Å². The number of rotatable bonds is 4. The van der Waals surface area contributed by atoms with E-state index < -0.39 is 35.6 Å². The van der Waals surface area contributed by atoms with Crippen LogP contribution in [0.25, 0.3) is 0 Å². The van der Waals surface area contributed by atoms with Crippen LogP contribution in [-0.2, 0) is 22.5 Å². The molecule has 0 aromatic carbocycles. The van der Waals surface area contributed by atoms with Crippen LogP contribution in [0.15, 0.2) is 11.0 Å². The van der Waals surface area contributed by atoms with E-state index in [1.165, 1.54) is 0 Å². The number of aromatic nitrogens is 1. The molecule has 0 spiro atoms. The highest BCUT2D eigenvalue weighted by Crippen LogP contribution is 2.28. The average Bonchev–Trinajstić information content (AvgIpc) is 2.32. The Morgan fingerprint density at radius 2 is 2.11 bits per heavy atom. The Bertz CT molecular complexity index is 524. The van der Waals surface area contributed by atoms with Crippen molar-refractivity contribution >= 4 is 5.97 Å². The summed E-state index contributed by atoms with van der Waals surface area (Å²) in [5, 5.41) is 0. The number of ether oxygens (including phenoxy) is 2. The molecule has 6 nitrogen and oxygen atoms in total. The predicted molar refractivity (Wildman–Crippen MR) is 57.4 cm³/mol. The van der Waals surface area contributed by atoms with Gasteiger partial charge in [0.15, 0.2) is 0 Å². The summed E-state index contributed by atoms with van der Waals surface area (Å²) >= 11 is 0. The van der Waals surface area contributed by atoms with E-state index in [-0.39, 0.29) is 12.1 Å².